The number of carbonyl (C=O) groups excluding carboxylic acids is 1. The third-order valence-electron chi connectivity index (χ3n) is 4.23. The van der Waals surface area contributed by atoms with Crippen molar-refractivity contribution in [2.24, 2.45) is 10.8 Å². The predicted octanol–water partition coefficient (Wildman–Crippen LogP) is 2.56. The molecule has 0 radical (unpaired) electrons. The van der Waals surface area contributed by atoms with E-state index in [0.717, 1.165) is 36.0 Å². The molecule has 0 bridgehead atoms. The first-order valence-corrected chi connectivity index (χ1v) is 10.7. The van der Waals surface area contributed by atoms with Crippen molar-refractivity contribution in [2.75, 3.05) is 43.9 Å². The van der Waals surface area contributed by atoms with E-state index < -0.39 is 5.60 Å². The molecule has 0 atom stereocenters. The molecule has 1 saturated heterocycles. The van der Waals surface area contributed by atoms with E-state index in [1.54, 1.807) is 22.7 Å². The van der Waals surface area contributed by atoms with Crippen LogP contribution in [-0.2, 0) is 4.74 Å². The number of para-hydroxylation sites is 1. The number of nitriles is 1. The van der Waals surface area contributed by atoms with Gasteiger partial charge in [-0.2, -0.15) is 10.4 Å². The Hall–Kier alpha value is -2.77. The standard InChI is InChI=1S/C20H29N7O2S/c1-20(2,3)29-19(28)27-10-8-26(9-11-27)12-13-30-17-7-5-4-6-15(17)24-25-16(14-21)18(22)23/h4-7,24H,8-13H2,1-3H3,(H3,22,23)/b25-16+. The lowest BCUT2D eigenvalue weighted by molar-refractivity contribution is 0.0150. The highest BCUT2D eigenvalue weighted by Gasteiger charge is 2.25. The number of amides is 1. The second-order valence-electron chi connectivity index (χ2n) is 7.75. The second kappa shape index (κ2) is 10.8. The summed E-state index contributed by atoms with van der Waals surface area (Å²) in [6.45, 7) is 9.46. The molecule has 1 heterocycles. The van der Waals surface area contributed by atoms with Crippen LogP contribution in [0.5, 0.6) is 0 Å². The zero-order valence-electron chi connectivity index (χ0n) is 17.6. The molecule has 0 spiro atoms. The average molecular weight is 432 g/mol. The van der Waals surface area contributed by atoms with Gasteiger partial charge in [0.15, 0.2) is 5.84 Å². The molecule has 1 fully saturated rings. The highest BCUT2D eigenvalue weighted by Crippen LogP contribution is 2.27. The van der Waals surface area contributed by atoms with Gasteiger partial charge in [0, 0.05) is 43.4 Å². The lowest BCUT2D eigenvalue weighted by Crippen LogP contribution is -2.50. The highest BCUT2D eigenvalue weighted by molar-refractivity contribution is 7.99. The van der Waals surface area contributed by atoms with Crippen LogP contribution in [0.2, 0.25) is 0 Å². The van der Waals surface area contributed by atoms with Gasteiger partial charge >= 0.3 is 6.09 Å². The summed E-state index contributed by atoms with van der Waals surface area (Å²) in [4.78, 5) is 17.2. The minimum atomic E-state index is -0.477. The van der Waals surface area contributed by atoms with E-state index in [-0.39, 0.29) is 17.6 Å². The fourth-order valence-electron chi connectivity index (χ4n) is 2.71. The molecule has 0 aliphatic carbocycles. The SMILES string of the molecule is CC(C)(C)OC(=O)N1CCN(CCSc2ccccc2N/N=C(\C#N)C(=N)N)CC1. The van der Waals surface area contributed by atoms with E-state index in [4.69, 9.17) is 21.1 Å². The first kappa shape index (κ1) is 23.5. The van der Waals surface area contributed by atoms with Crippen molar-refractivity contribution in [3.05, 3.63) is 24.3 Å². The Labute approximate surface area is 181 Å². The fraction of sp³-hybridized carbons (Fsp3) is 0.500. The molecule has 162 valence electrons. The van der Waals surface area contributed by atoms with E-state index in [0.29, 0.717) is 13.1 Å². The first-order chi connectivity index (χ1) is 14.2. The third kappa shape index (κ3) is 7.57. The Morgan fingerprint density at radius 1 is 1.33 bits per heavy atom. The molecule has 9 nitrogen and oxygen atoms in total. The summed E-state index contributed by atoms with van der Waals surface area (Å²) in [5, 5.41) is 20.2. The molecule has 1 amide bonds. The van der Waals surface area contributed by atoms with Crippen molar-refractivity contribution < 1.29 is 9.53 Å². The monoisotopic (exact) mass is 431 g/mol. The van der Waals surface area contributed by atoms with E-state index in [2.05, 4.69) is 15.4 Å². The number of anilines is 1. The van der Waals surface area contributed by atoms with Gasteiger partial charge in [0.2, 0.25) is 5.71 Å². The molecule has 0 unspecified atom stereocenters. The van der Waals surface area contributed by atoms with Gasteiger partial charge in [-0.05, 0) is 32.9 Å². The molecule has 30 heavy (non-hydrogen) atoms. The summed E-state index contributed by atoms with van der Waals surface area (Å²) < 4.78 is 5.43. The van der Waals surface area contributed by atoms with Crippen molar-refractivity contribution >= 4 is 35.1 Å². The summed E-state index contributed by atoms with van der Waals surface area (Å²) in [6, 6.07) is 9.44. The number of nitrogens with one attached hydrogen (secondary N) is 2. The number of carbonyl (C=O) groups is 1. The smallest absolute Gasteiger partial charge is 0.410 e. The highest BCUT2D eigenvalue weighted by atomic mass is 32.2. The van der Waals surface area contributed by atoms with Crippen LogP contribution in [0.3, 0.4) is 0 Å². The van der Waals surface area contributed by atoms with Crippen molar-refractivity contribution in [3.63, 3.8) is 0 Å². The summed E-state index contributed by atoms with van der Waals surface area (Å²) >= 11 is 1.68. The zero-order chi connectivity index (χ0) is 22.1. The number of ether oxygens (including phenoxy) is 1. The molecule has 1 aromatic rings. The topological polar surface area (TPSA) is 131 Å². The van der Waals surface area contributed by atoms with Gasteiger partial charge in [-0.1, -0.05) is 12.1 Å². The molecule has 4 N–H and O–H groups in total. The Bertz CT molecular complexity index is 821. The molecule has 0 saturated carbocycles. The fourth-order valence-corrected chi connectivity index (χ4v) is 3.73. The maximum Gasteiger partial charge on any atom is 0.410 e. The van der Waals surface area contributed by atoms with Crippen LogP contribution in [0.25, 0.3) is 0 Å². The molecule has 1 aliphatic heterocycles. The van der Waals surface area contributed by atoms with Crippen LogP contribution < -0.4 is 11.2 Å². The van der Waals surface area contributed by atoms with Gasteiger partial charge < -0.3 is 15.4 Å². The maximum atomic E-state index is 12.2. The molecule has 1 aliphatic rings. The molecule has 10 heteroatoms. The lowest BCUT2D eigenvalue weighted by atomic mass is 10.2. The summed E-state index contributed by atoms with van der Waals surface area (Å²) in [7, 11) is 0. The van der Waals surface area contributed by atoms with Crippen LogP contribution in [-0.4, -0.2) is 71.5 Å². The van der Waals surface area contributed by atoms with Gasteiger partial charge in [-0.25, -0.2) is 4.79 Å². The van der Waals surface area contributed by atoms with Crippen LogP contribution in [0.15, 0.2) is 34.3 Å². The quantitative estimate of drug-likeness (QED) is 0.262. The number of rotatable bonds is 7. The molecule has 0 aromatic heterocycles. The number of hydrazone groups is 1. The van der Waals surface area contributed by atoms with Gasteiger partial charge in [0.1, 0.15) is 11.7 Å². The third-order valence-corrected chi connectivity index (χ3v) is 5.28. The summed E-state index contributed by atoms with van der Waals surface area (Å²) in [5.74, 6) is 0.493. The maximum absolute atomic E-state index is 12.2. The number of benzene rings is 1. The van der Waals surface area contributed by atoms with Gasteiger partial charge in [0.05, 0.1) is 5.69 Å². The van der Waals surface area contributed by atoms with Crippen molar-refractivity contribution in [1.82, 2.24) is 9.80 Å². The predicted molar refractivity (Wildman–Crippen MR) is 120 cm³/mol. The lowest BCUT2D eigenvalue weighted by Gasteiger charge is -2.35. The Balaban J connectivity index is 1.81. The number of nitrogens with two attached hydrogens (primary N) is 1. The Morgan fingerprint density at radius 3 is 2.60 bits per heavy atom. The second-order valence-corrected chi connectivity index (χ2v) is 8.89. The largest absolute Gasteiger partial charge is 0.444 e. The Morgan fingerprint density at radius 2 is 2.00 bits per heavy atom. The van der Waals surface area contributed by atoms with Gasteiger partial charge in [0.25, 0.3) is 0 Å². The summed E-state index contributed by atoms with van der Waals surface area (Å²) in [5.41, 5.74) is 8.26. The van der Waals surface area contributed by atoms with Crippen LogP contribution >= 0.6 is 11.8 Å². The molecule has 2 rings (SSSR count). The van der Waals surface area contributed by atoms with Crippen molar-refractivity contribution in [2.45, 2.75) is 31.3 Å². The van der Waals surface area contributed by atoms with Crippen molar-refractivity contribution in [3.8, 4) is 6.07 Å². The summed E-state index contributed by atoms with van der Waals surface area (Å²) in [6.07, 6.45) is -0.251. The molecule has 1 aromatic carbocycles. The number of nitrogens with zero attached hydrogens (tertiary/aromatic N) is 4. The number of piperazine rings is 1. The number of hydrogen-bond donors (Lipinski definition) is 3. The van der Waals surface area contributed by atoms with E-state index in [1.165, 1.54) is 0 Å². The molecular formula is C20H29N7O2S. The van der Waals surface area contributed by atoms with Crippen LogP contribution in [0, 0.1) is 16.7 Å². The van der Waals surface area contributed by atoms with E-state index >= 15 is 0 Å². The number of hydrogen-bond acceptors (Lipinski definition) is 8. The van der Waals surface area contributed by atoms with E-state index in [9.17, 15) is 4.79 Å². The first-order valence-electron chi connectivity index (χ1n) is 9.70. The Kier molecular flexibility index (Phi) is 8.50. The van der Waals surface area contributed by atoms with Crippen LogP contribution in [0.1, 0.15) is 20.8 Å². The number of thioether (sulfide) groups is 1. The zero-order valence-corrected chi connectivity index (χ0v) is 18.5. The van der Waals surface area contributed by atoms with Crippen LogP contribution in [0.4, 0.5) is 10.5 Å². The minimum absolute atomic E-state index is 0.155. The van der Waals surface area contributed by atoms with Gasteiger partial charge in [-0.15, -0.1) is 11.8 Å². The number of amidine groups is 1. The normalized spacial score (nSPS) is 15.4. The van der Waals surface area contributed by atoms with Crippen molar-refractivity contribution in [1.29, 1.82) is 10.7 Å². The minimum Gasteiger partial charge on any atom is -0.444 e. The van der Waals surface area contributed by atoms with Gasteiger partial charge in [-0.3, -0.25) is 15.7 Å². The van der Waals surface area contributed by atoms with E-state index in [1.807, 2.05) is 45.0 Å². The molecular weight excluding hydrogens is 402 g/mol. The average Bonchev–Trinajstić information content (AvgIpc) is 2.68.